The number of aliphatic hydroxyl groups is 1. The first kappa shape index (κ1) is 103. The Kier molecular flexibility index (Phi) is 76.0. The minimum atomic E-state index is -4.97. The van der Waals surface area contributed by atoms with E-state index in [2.05, 4.69) is 41.5 Å². The van der Waals surface area contributed by atoms with Crippen LogP contribution in [0, 0.1) is 11.8 Å². The molecule has 0 amide bonds. The fourth-order valence-electron chi connectivity index (χ4n) is 13.4. The molecule has 624 valence electrons. The number of ether oxygens (including phenoxy) is 4. The molecule has 3 N–H and O–H groups in total. The minimum Gasteiger partial charge on any atom is -0.462 e. The first-order valence-electron chi connectivity index (χ1n) is 44.5. The average molecular weight is 1540 g/mol. The number of carbonyl (C=O) groups is 4. The molecule has 0 aromatic carbocycles. The molecular weight excluding hydrogens is 1370 g/mol. The Bertz CT molecular complexity index is 2010. The number of rotatable bonds is 85. The maximum Gasteiger partial charge on any atom is 0.472 e. The van der Waals surface area contributed by atoms with Gasteiger partial charge < -0.3 is 33.8 Å². The summed E-state index contributed by atoms with van der Waals surface area (Å²) in [5.41, 5.74) is 0. The zero-order chi connectivity index (χ0) is 77.1. The monoisotopic (exact) mass is 1540 g/mol. The number of hydrogen-bond acceptors (Lipinski definition) is 15. The molecule has 105 heavy (non-hydrogen) atoms. The van der Waals surface area contributed by atoms with Crippen molar-refractivity contribution in [1.82, 2.24) is 0 Å². The van der Waals surface area contributed by atoms with Gasteiger partial charge in [-0.2, -0.15) is 0 Å². The van der Waals surface area contributed by atoms with Crippen molar-refractivity contribution in [3.63, 3.8) is 0 Å². The van der Waals surface area contributed by atoms with Crippen molar-refractivity contribution >= 4 is 39.5 Å². The van der Waals surface area contributed by atoms with Crippen LogP contribution in [0.4, 0.5) is 0 Å². The maximum atomic E-state index is 13.1. The molecule has 0 heterocycles. The van der Waals surface area contributed by atoms with Gasteiger partial charge in [0.2, 0.25) is 0 Å². The molecule has 0 saturated carbocycles. The van der Waals surface area contributed by atoms with E-state index in [0.29, 0.717) is 25.7 Å². The SMILES string of the molecule is CCCCCCCCCCCCCCCCCCCCC(=O)O[C@H](COC(=O)CCCCCCCCCCC)COP(=O)(O)OC[C@H](O)COP(=O)(O)OC[C@@H](COC(=O)CCCCCCCCCCCCCCCCCCC(C)C)OC(=O)CCCCCCCCCCCCCCCCCCC(C)C. The van der Waals surface area contributed by atoms with Gasteiger partial charge in [-0.3, -0.25) is 37.3 Å². The molecule has 17 nitrogen and oxygen atoms in total. The van der Waals surface area contributed by atoms with Crippen molar-refractivity contribution in [2.45, 2.75) is 477 Å². The van der Waals surface area contributed by atoms with E-state index in [9.17, 15) is 43.2 Å². The number of carbonyl (C=O) groups excluding carboxylic acids is 4. The Morgan fingerprint density at radius 1 is 0.257 bits per heavy atom. The first-order chi connectivity index (χ1) is 50.9. The number of esters is 4. The van der Waals surface area contributed by atoms with E-state index in [1.807, 2.05) is 0 Å². The molecule has 0 aliphatic heterocycles. The summed E-state index contributed by atoms with van der Waals surface area (Å²) < 4.78 is 68.9. The highest BCUT2D eigenvalue weighted by Gasteiger charge is 2.30. The lowest BCUT2D eigenvalue weighted by atomic mass is 10.0. The van der Waals surface area contributed by atoms with Crippen molar-refractivity contribution in [3.8, 4) is 0 Å². The zero-order valence-electron chi connectivity index (χ0n) is 69.0. The van der Waals surface area contributed by atoms with Gasteiger partial charge in [0.25, 0.3) is 0 Å². The molecule has 0 radical (unpaired) electrons. The summed E-state index contributed by atoms with van der Waals surface area (Å²) >= 11 is 0. The second-order valence-corrected chi connectivity index (χ2v) is 34.8. The van der Waals surface area contributed by atoms with Gasteiger partial charge in [-0.15, -0.1) is 0 Å². The Labute approximate surface area is 645 Å². The Hall–Kier alpha value is -1.94. The first-order valence-corrected chi connectivity index (χ1v) is 47.5. The van der Waals surface area contributed by atoms with Crippen molar-refractivity contribution in [2.75, 3.05) is 39.6 Å². The third-order valence-corrected chi connectivity index (χ3v) is 22.1. The molecule has 0 aliphatic rings. The van der Waals surface area contributed by atoms with E-state index >= 15 is 0 Å². The smallest absolute Gasteiger partial charge is 0.462 e. The molecule has 0 fully saturated rings. The summed E-state index contributed by atoms with van der Waals surface area (Å²) in [5.74, 6) is -0.480. The predicted molar refractivity (Wildman–Crippen MR) is 432 cm³/mol. The number of unbranched alkanes of at least 4 members (excludes halogenated alkanes) is 55. The second kappa shape index (κ2) is 77.4. The van der Waals surface area contributed by atoms with Crippen LogP contribution in [0.3, 0.4) is 0 Å². The van der Waals surface area contributed by atoms with Gasteiger partial charge in [0, 0.05) is 25.7 Å². The highest BCUT2D eigenvalue weighted by molar-refractivity contribution is 7.47. The van der Waals surface area contributed by atoms with Crippen molar-refractivity contribution in [3.05, 3.63) is 0 Å². The zero-order valence-corrected chi connectivity index (χ0v) is 70.8. The lowest BCUT2D eigenvalue weighted by Gasteiger charge is -2.21. The lowest BCUT2D eigenvalue weighted by Crippen LogP contribution is -2.30. The van der Waals surface area contributed by atoms with E-state index in [1.54, 1.807) is 0 Å². The molecule has 0 rings (SSSR count). The van der Waals surface area contributed by atoms with E-state index in [0.717, 1.165) is 102 Å². The molecule has 0 aliphatic carbocycles. The third-order valence-electron chi connectivity index (χ3n) is 20.2. The molecule has 0 bridgehead atoms. The molecule has 0 aromatic rings. The molecule has 0 spiro atoms. The van der Waals surface area contributed by atoms with Crippen LogP contribution >= 0.6 is 15.6 Å². The van der Waals surface area contributed by atoms with E-state index in [-0.39, 0.29) is 25.7 Å². The number of hydrogen-bond donors (Lipinski definition) is 3. The van der Waals surface area contributed by atoms with Crippen LogP contribution in [0.15, 0.2) is 0 Å². The summed E-state index contributed by atoms with van der Waals surface area (Å²) in [6, 6.07) is 0. The fourth-order valence-corrected chi connectivity index (χ4v) is 15.0. The molecular formula is C86H168O17P2. The van der Waals surface area contributed by atoms with Crippen molar-refractivity contribution in [1.29, 1.82) is 0 Å². The quantitative estimate of drug-likeness (QED) is 0.0222. The normalized spacial score (nSPS) is 13.8. The summed E-state index contributed by atoms with van der Waals surface area (Å²) in [6.45, 7) is 9.72. The number of phosphoric ester groups is 2. The van der Waals surface area contributed by atoms with Gasteiger partial charge in [-0.05, 0) is 37.5 Å². The number of phosphoric acid groups is 2. The van der Waals surface area contributed by atoms with Crippen LogP contribution in [-0.2, 0) is 65.4 Å². The topological polar surface area (TPSA) is 237 Å². The predicted octanol–water partition coefficient (Wildman–Crippen LogP) is 26.2. The van der Waals surface area contributed by atoms with Gasteiger partial charge in [-0.25, -0.2) is 9.13 Å². The molecule has 0 saturated heterocycles. The summed E-state index contributed by atoms with van der Waals surface area (Å²) in [4.78, 5) is 73.2. The van der Waals surface area contributed by atoms with Crippen LogP contribution in [0.2, 0.25) is 0 Å². The third kappa shape index (κ3) is 79.9. The highest BCUT2D eigenvalue weighted by atomic mass is 31.2. The molecule has 5 atom stereocenters. The van der Waals surface area contributed by atoms with Crippen LogP contribution in [0.1, 0.15) is 459 Å². The largest absolute Gasteiger partial charge is 0.472 e. The molecule has 19 heteroatoms. The van der Waals surface area contributed by atoms with Gasteiger partial charge in [-0.1, -0.05) is 408 Å². The second-order valence-electron chi connectivity index (χ2n) is 31.9. The van der Waals surface area contributed by atoms with Crippen LogP contribution in [0.25, 0.3) is 0 Å². The minimum absolute atomic E-state index is 0.109. The summed E-state index contributed by atoms with van der Waals surface area (Å²) in [5, 5.41) is 10.7. The maximum absolute atomic E-state index is 13.1. The van der Waals surface area contributed by atoms with Crippen molar-refractivity contribution < 1.29 is 80.2 Å². The Balaban J connectivity index is 5.21. The van der Waals surface area contributed by atoms with Gasteiger partial charge >= 0.3 is 39.5 Å². The molecule has 2 unspecified atom stereocenters. The van der Waals surface area contributed by atoms with Crippen LogP contribution < -0.4 is 0 Å². The van der Waals surface area contributed by atoms with Gasteiger partial charge in [0.15, 0.2) is 12.2 Å². The van der Waals surface area contributed by atoms with E-state index in [4.69, 9.17) is 37.0 Å². The highest BCUT2D eigenvalue weighted by Crippen LogP contribution is 2.45. The van der Waals surface area contributed by atoms with Gasteiger partial charge in [0.05, 0.1) is 26.4 Å². The Morgan fingerprint density at radius 3 is 0.648 bits per heavy atom. The van der Waals surface area contributed by atoms with E-state index < -0.39 is 97.5 Å². The Morgan fingerprint density at radius 2 is 0.438 bits per heavy atom. The van der Waals surface area contributed by atoms with E-state index in [1.165, 1.54) is 276 Å². The van der Waals surface area contributed by atoms with Crippen molar-refractivity contribution in [2.24, 2.45) is 11.8 Å². The van der Waals surface area contributed by atoms with Crippen LogP contribution in [0.5, 0.6) is 0 Å². The fraction of sp³-hybridized carbons (Fsp3) is 0.953. The number of aliphatic hydroxyl groups excluding tert-OH is 1. The van der Waals surface area contributed by atoms with Gasteiger partial charge in [0.1, 0.15) is 19.3 Å². The lowest BCUT2D eigenvalue weighted by molar-refractivity contribution is -0.161. The summed E-state index contributed by atoms with van der Waals surface area (Å²) in [7, 11) is -9.93. The van der Waals surface area contributed by atoms with Crippen LogP contribution in [-0.4, -0.2) is 96.7 Å². The molecule has 0 aromatic heterocycles. The summed E-state index contributed by atoms with van der Waals surface area (Å²) in [6.07, 6.45) is 69.4. The standard InChI is InChI=1S/C86H168O17P2/c1-7-9-11-13-15-17-18-19-20-21-22-30-35-40-46-52-58-64-70-85(90)102-81(74-96-83(88)68-62-56-50-42-16-14-12-10-8-2)76-100-104(92,93)98-72-80(87)73-99-105(94,95)101-77-82(103-86(91)71-65-59-53-47-41-36-31-26-24-28-33-38-44-49-55-61-67-79(5)6)75-97-84(89)69-63-57-51-45-39-34-29-25-23-27-32-37-43-48-54-60-66-78(3)4/h78-82,87H,7-77H2,1-6H3,(H,92,93)(H,94,95)/t80-,81+,82+/m0/s1. The average Bonchev–Trinajstić information content (AvgIpc) is 0.928.